The maximum atomic E-state index is 2.49. The molecule has 6 aromatic carbocycles. The summed E-state index contributed by atoms with van der Waals surface area (Å²) in [4.78, 5) is 2.49. The lowest BCUT2D eigenvalue weighted by molar-refractivity contribution is 0.394. The molecule has 0 fully saturated rings. The minimum Gasteiger partial charge on any atom is -0.310 e. The highest BCUT2D eigenvalue weighted by Crippen LogP contribution is 2.58. The molecule has 0 radical (unpaired) electrons. The number of allylic oxidation sites excluding steroid dienone is 4. The van der Waals surface area contributed by atoms with E-state index in [0.29, 0.717) is 11.8 Å². The molecule has 0 bridgehead atoms. The molecular weight excluding hydrogens is 615 g/mol. The summed E-state index contributed by atoms with van der Waals surface area (Å²) in [6.45, 7) is 11.7. The van der Waals surface area contributed by atoms with Crippen molar-refractivity contribution < 1.29 is 0 Å². The topological polar surface area (TPSA) is 3.24 Å². The van der Waals surface area contributed by atoms with E-state index in [1.165, 1.54) is 55.8 Å². The van der Waals surface area contributed by atoms with Crippen molar-refractivity contribution in [1.82, 2.24) is 0 Å². The standard InChI is InChI=1S/C50H45N/c1-48(2,3)34-24-26-37(27-25-34)51(38-28-30-42-40-20-12-14-22-44(40)49(4,5)46(42)32-38)39-29-31-43-41-21-13-15-23-45(41)50(47(43)33-39,35-16-8-6-9-17-35)36-18-10-7-11-19-36/h6-33,40,44H,1-5H3. The van der Waals surface area contributed by atoms with Crippen molar-refractivity contribution in [3.05, 3.63) is 209 Å². The molecule has 0 aromatic heterocycles. The van der Waals surface area contributed by atoms with Crippen molar-refractivity contribution in [3.63, 3.8) is 0 Å². The van der Waals surface area contributed by atoms with Crippen LogP contribution in [0.5, 0.6) is 0 Å². The van der Waals surface area contributed by atoms with E-state index in [1.807, 2.05) is 0 Å². The van der Waals surface area contributed by atoms with Gasteiger partial charge in [0.05, 0.1) is 5.41 Å². The van der Waals surface area contributed by atoms with Gasteiger partial charge in [0, 0.05) is 23.0 Å². The Labute approximate surface area is 303 Å². The van der Waals surface area contributed by atoms with E-state index >= 15 is 0 Å². The molecule has 0 heterocycles. The second-order valence-corrected chi connectivity index (χ2v) is 16.2. The minimum atomic E-state index is -0.458. The van der Waals surface area contributed by atoms with Crippen molar-refractivity contribution in [1.29, 1.82) is 0 Å². The lowest BCUT2D eigenvalue weighted by Crippen LogP contribution is -2.28. The molecule has 0 spiro atoms. The summed E-state index contributed by atoms with van der Waals surface area (Å²) in [7, 11) is 0. The maximum Gasteiger partial charge on any atom is 0.0714 e. The first-order valence-corrected chi connectivity index (χ1v) is 18.4. The molecule has 9 rings (SSSR count). The van der Waals surface area contributed by atoms with E-state index in [4.69, 9.17) is 0 Å². The summed E-state index contributed by atoms with van der Waals surface area (Å²) in [6.07, 6.45) is 9.26. The van der Waals surface area contributed by atoms with E-state index in [1.54, 1.807) is 0 Å². The molecular formula is C50H45N. The molecule has 2 atom stereocenters. The van der Waals surface area contributed by atoms with Gasteiger partial charge in [0.2, 0.25) is 0 Å². The first-order chi connectivity index (χ1) is 24.7. The summed E-state index contributed by atoms with van der Waals surface area (Å²) in [5, 5.41) is 0. The predicted octanol–water partition coefficient (Wildman–Crippen LogP) is 12.9. The van der Waals surface area contributed by atoms with Gasteiger partial charge < -0.3 is 4.90 Å². The minimum absolute atomic E-state index is 0.0222. The molecule has 51 heavy (non-hydrogen) atoms. The molecule has 6 aromatic rings. The number of benzene rings is 6. The monoisotopic (exact) mass is 659 g/mol. The molecule has 1 nitrogen and oxygen atoms in total. The van der Waals surface area contributed by atoms with Crippen LogP contribution in [0.1, 0.15) is 79.5 Å². The number of fused-ring (bicyclic) bond motifs is 6. The molecule has 2 unspecified atom stereocenters. The van der Waals surface area contributed by atoms with Crippen molar-refractivity contribution in [3.8, 4) is 11.1 Å². The molecule has 0 N–H and O–H groups in total. The van der Waals surface area contributed by atoms with E-state index in [-0.39, 0.29) is 10.8 Å². The molecule has 0 amide bonds. The quantitative estimate of drug-likeness (QED) is 0.178. The summed E-state index contributed by atoms with van der Waals surface area (Å²) in [5.41, 5.74) is 15.2. The molecule has 250 valence electrons. The second-order valence-electron chi connectivity index (χ2n) is 16.2. The average Bonchev–Trinajstić information content (AvgIpc) is 3.58. The summed E-state index contributed by atoms with van der Waals surface area (Å²) in [6, 6.07) is 54.9. The SMILES string of the molecule is CC(C)(C)c1ccc(N(c2ccc3c(c2)C(c2ccccc2)(c2ccccc2)c2ccccc2-3)c2ccc3c(c2)C(C)(C)C2C=CC=CC32)cc1. The predicted molar refractivity (Wildman–Crippen MR) is 215 cm³/mol. The van der Waals surface area contributed by atoms with Gasteiger partial charge in [0.25, 0.3) is 0 Å². The molecule has 0 aliphatic heterocycles. The Morgan fingerprint density at radius 1 is 0.510 bits per heavy atom. The smallest absolute Gasteiger partial charge is 0.0714 e. The summed E-state index contributed by atoms with van der Waals surface area (Å²) >= 11 is 0. The van der Waals surface area contributed by atoms with Crippen LogP contribution in [0.4, 0.5) is 17.1 Å². The highest BCUT2D eigenvalue weighted by molar-refractivity contribution is 5.89. The van der Waals surface area contributed by atoms with Gasteiger partial charge in [0.1, 0.15) is 0 Å². The third-order valence-corrected chi connectivity index (χ3v) is 12.0. The molecule has 3 aliphatic carbocycles. The van der Waals surface area contributed by atoms with Crippen LogP contribution < -0.4 is 4.90 Å². The molecule has 3 aliphatic rings. The zero-order valence-electron chi connectivity index (χ0n) is 30.3. The largest absolute Gasteiger partial charge is 0.310 e. The Hall–Kier alpha value is -5.40. The van der Waals surface area contributed by atoms with E-state index in [9.17, 15) is 0 Å². The Bertz CT molecular complexity index is 2280. The third kappa shape index (κ3) is 4.75. The third-order valence-electron chi connectivity index (χ3n) is 12.0. The fourth-order valence-corrected chi connectivity index (χ4v) is 9.43. The van der Waals surface area contributed by atoms with Gasteiger partial charge in [0.15, 0.2) is 0 Å². The number of nitrogens with zero attached hydrogens (tertiary/aromatic N) is 1. The van der Waals surface area contributed by atoms with E-state index in [0.717, 1.165) is 11.4 Å². The van der Waals surface area contributed by atoms with Crippen molar-refractivity contribution in [2.75, 3.05) is 4.90 Å². The summed E-state index contributed by atoms with van der Waals surface area (Å²) < 4.78 is 0. The van der Waals surface area contributed by atoms with Gasteiger partial charge in [-0.15, -0.1) is 0 Å². The second kappa shape index (κ2) is 11.6. The Morgan fingerprint density at radius 2 is 1.06 bits per heavy atom. The first kappa shape index (κ1) is 31.6. The van der Waals surface area contributed by atoms with Crippen LogP contribution in [0.3, 0.4) is 0 Å². The van der Waals surface area contributed by atoms with Crippen LogP contribution in [0.2, 0.25) is 0 Å². The van der Waals surface area contributed by atoms with E-state index < -0.39 is 5.41 Å². The van der Waals surface area contributed by atoms with Crippen LogP contribution in [0.15, 0.2) is 170 Å². The Balaban J connectivity index is 1.29. The van der Waals surface area contributed by atoms with Gasteiger partial charge >= 0.3 is 0 Å². The number of rotatable bonds is 5. The van der Waals surface area contributed by atoms with Crippen LogP contribution in [0.25, 0.3) is 11.1 Å². The fourth-order valence-electron chi connectivity index (χ4n) is 9.43. The normalized spacial score (nSPS) is 18.8. The number of hydrogen-bond acceptors (Lipinski definition) is 1. The number of hydrogen-bond donors (Lipinski definition) is 0. The summed E-state index contributed by atoms with van der Waals surface area (Å²) in [5.74, 6) is 0.882. The average molecular weight is 660 g/mol. The molecule has 0 saturated carbocycles. The first-order valence-electron chi connectivity index (χ1n) is 18.4. The zero-order valence-corrected chi connectivity index (χ0v) is 30.3. The van der Waals surface area contributed by atoms with Gasteiger partial charge in [-0.1, -0.05) is 168 Å². The van der Waals surface area contributed by atoms with Crippen molar-refractivity contribution >= 4 is 17.1 Å². The Morgan fingerprint density at radius 3 is 1.73 bits per heavy atom. The Kier molecular flexibility index (Phi) is 7.16. The highest BCUT2D eigenvalue weighted by Gasteiger charge is 2.47. The molecule has 0 saturated heterocycles. The van der Waals surface area contributed by atoms with Crippen LogP contribution in [-0.2, 0) is 16.2 Å². The highest BCUT2D eigenvalue weighted by atomic mass is 15.1. The zero-order chi connectivity index (χ0) is 35.0. The van der Waals surface area contributed by atoms with Gasteiger partial charge in [-0.3, -0.25) is 0 Å². The number of anilines is 3. The van der Waals surface area contributed by atoms with Gasteiger partial charge in [-0.2, -0.15) is 0 Å². The molecule has 1 heteroatoms. The van der Waals surface area contributed by atoms with Crippen molar-refractivity contribution in [2.45, 2.75) is 56.8 Å². The maximum absolute atomic E-state index is 2.49. The fraction of sp³-hybridized carbons (Fsp3) is 0.200. The lowest BCUT2D eigenvalue weighted by Gasteiger charge is -2.35. The lowest BCUT2D eigenvalue weighted by atomic mass is 9.67. The van der Waals surface area contributed by atoms with Crippen LogP contribution >= 0.6 is 0 Å². The van der Waals surface area contributed by atoms with E-state index in [2.05, 4.69) is 209 Å². The van der Waals surface area contributed by atoms with Gasteiger partial charge in [-0.25, -0.2) is 0 Å². The van der Waals surface area contributed by atoms with Crippen LogP contribution in [0, 0.1) is 5.92 Å². The van der Waals surface area contributed by atoms with Gasteiger partial charge in [-0.05, 0) is 103 Å². The van der Waals surface area contributed by atoms with Crippen molar-refractivity contribution in [2.24, 2.45) is 5.92 Å². The van der Waals surface area contributed by atoms with Crippen LogP contribution in [-0.4, -0.2) is 0 Å².